The number of nitrogens with zero attached hydrogens (tertiary/aromatic N) is 2. The highest BCUT2D eigenvalue weighted by atomic mass is 16.5. The van der Waals surface area contributed by atoms with Crippen LogP contribution in [0.25, 0.3) is 22.0 Å². The van der Waals surface area contributed by atoms with E-state index in [9.17, 15) is 4.79 Å². The van der Waals surface area contributed by atoms with E-state index >= 15 is 0 Å². The van der Waals surface area contributed by atoms with Gasteiger partial charge in [0.05, 0.1) is 18.2 Å². The summed E-state index contributed by atoms with van der Waals surface area (Å²) in [5.74, 6) is 0.457. The summed E-state index contributed by atoms with van der Waals surface area (Å²) >= 11 is 0. The van der Waals surface area contributed by atoms with Crippen LogP contribution in [-0.2, 0) is 11.2 Å². The molecule has 1 aromatic heterocycles. The topological polar surface area (TPSA) is 90.1 Å². The predicted octanol–water partition coefficient (Wildman–Crippen LogP) is 4.32. The van der Waals surface area contributed by atoms with Gasteiger partial charge in [0, 0.05) is 17.6 Å². The summed E-state index contributed by atoms with van der Waals surface area (Å²) in [6, 6.07) is 21.4. The first-order valence-electron chi connectivity index (χ1n) is 9.66. The minimum absolute atomic E-state index is 0.330. The number of rotatable bonds is 6. The molecule has 0 atom stereocenters. The summed E-state index contributed by atoms with van der Waals surface area (Å²) in [6.07, 6.45) is 2.41. The fraction of sp³-hybridized carbons (Fsp3) is 0.125. The Morgan fingerprint density at radius 3 is 2.37 bits per heavy atom. The second-order valence-corrected chi connectivity index (χ2v) is 6.94. The first-order valence-corrected chi connectivity index (χ1v) is 9.66. The lowest BCUT2D eigenvalue weighted by molar-refractivity contribution is 0.0601. The number of esters is 1. The van der Waals surface area contributed by atoms with Gasteiger partial charge >= 0.3 is 5.97 Å². The van der Waals surface area contributed by atoms with Gasteiger partial charge in [0.1, 0.15) is 12.1 Å². The van der Waals surface area contributed by atoms with Crippen LogP contribution >= 0.6 is 0 Å². The van der Waals surface area contributed by atoms with Gasteiger partial charge in [-0.05, 0) is 53.4 Å². The van der Waals surface area contributed by atoms with Crippen LogP contribution in [0.2, 0.25) is 0 Å². The molecule has 0 unspecified atom stereocenters. The Hall–Kier alpha value is -3.93. The molecule has 3 aromatic carbocycles. The van der Waals surface area contributed by atoms with Crippen LogP contribution in [0.5, 0.6) is 0 Å². The zero-order valence-electron chi connectivity index (χ0n) is 16.6. The molecule has 0 bridgehead atoms. The molecule has 3 N–H and O–H groups in total. The molecule has 0 saturated heterocycles. The van der Waals surface area contributed by atoms with Gasteiger partial charge in [-0.15, -0.1) is 0 Å². The fourth-order valence-corrected chi connectivity index (χ4v) is 3.32. The number of nitrogens with two attached hydrogens (primary N) is 1. The highest BCUT2D eigenvalue weighted by molar-refractivity contribution is 5.91. The van der Waals surface area contributed by atoms with Crippen LogP contribution in [0, 0.1) is 0 Å². The third-order valence-electron chi connectivity index (χ3n) is 4.96. The van der Waals surface area contributed by atoms with E-state index in [4.69, 9.17) is 10.5 Å². The van der Waals surface area contributed by atoms with Crippen molar-refractivity contribution in [1.29, 1.82) is 0 Å². The van der Waals surface area contributed by atoms with Crippen LogP contribution in [-0.4, -0.2) is 29.6 Å². The van der Waals surface area contributed by atoms with Crippen LogP contribution < -0.4 is 11.1 Å². The average molecular weight is 398 g/mol. The highest BCUT2D eigenvalue weighted by Crippen LogP contribution is 2.23. The maximum atomic E-state index is 11.6. The molecule has 0 radical (unpaired) electrons. The van der Waals surface area contributed by atoms with Gasteiger partial charge in [0.25, 0.3) is 0 Å². The number of benzene rings is 3. The van der Waals surface area contributed by atoms with Gasteiger partial charge in [-0.1, -0.05) is 36.4 Å². The molecule has 0 fully saturated rings. The van der Waals surface area contributed by atoms with Crippen LogP contribution in [0.15, 0.2) is 73.1 Å². The van der Waals surface area contributed by atoms with Gasteiger partial charge in [0.2, 0.25) is 0 Å². The standard InChI is InChI=1S/C24H22N4O2/c1-30-24(29)19-8-6-18(7-9-19)17-4-2-16(3-5-17)12-13-26-23-21-14-20(25)10-11-22(21)27-15-28-23/h2-11,14-15H,12-13,25H2,1H3,(H,26,27,28). The maximum absolute atomic E-state index is 11.6. The lowest BCUT2D eigenvalue weighted by Crippen LogP contribution is -2.07. The summed E-state index contributed by atoms with van der Waals surface area (Å²) in [5.41, 5.74) is 11.4. The number of anilines is 2. The molecule has 0 aliphatic heterocycles. The number of fused-ring (bicyclic) bond motifs is 1. The monoisotopic (exact) mass is 398 g/mol. The SMILES string of the molecule is COC(=O)c1ccc(-c2ccc(CCNc3ncnc4ccc(N)cc34)cc2)cc1. The largest absolute Gasteiger partial charge is 0.465 e. The Balaban J connectivity index is 1.40. The lowest BCUT2D eigenvalue weighted by Gasteiger charge is -2.09. The smallest absolute Gasteiger partial charge is 0.337 e. The number of nitrogens with one attached hydrogen (secondary N) is 1. The Labute approximate surface area is 174 Å². The van der Waals surface area contributed by atoms with Crippen LogP contribution in [0.3, 0.4) is 0 Å². The molecule has 0 spiro atoms. The third kappa shape index (κ3) is 4.22. The van der Waals surface area contributed by atoms with Gasteiger partial charge in [-0.25, -0.2) is 14.8 Å². The van der Waals surface area contributed by atoms with Gasteiger partial charge < -0.3 is 15.8 Å². The number of hydrogen-bond donors (Lipinski definition) is 2. The molecule has 6 nitrogen and oxygen atoms in total. The van der Waals surface area contributed by atoms with Crippen molar-refractivity contribution >= 4 is 28.4 Å². The molecule has 0 saturated carbocycles. The maximum Gasteiger partial charge on any atom is 0.337 e. The Morgan fingerprint density at radius 2 is 1.67 bits per heavy atom. The number of methoxy groups -OCH3 is 1. The quantitative estimate of drug-likeness (QED) is 0.371. The van der Waals surface area contributed by atoms with Crippen LogP contribution in [0.4, 0.5) is 11.5 Å². The minimum Gasteiger partial charge on any atom is -0.465 e. The minimum atomic E-state index is -0.330. The Morgan fingerprint density at radius 1 is 0.967 bits per heavy atom. The zero-order chi connectivity index (χ0) is 20.9. The molecule has 4 aromatic rings. The molecular weight excluding hydrogens is 376 g/mol. The zero-order valence-corrected chi connectivity index (χ0v) is 16.6. The molecule has 0 amide bonds. The number of aromatic nitrogens is 2. The molecular formula is C24H22N4O2. The number of ether oxygens (including phenoxy) is 1. The highest BCUT2D eigenvalue weighted by Gasteiger charge is 2.06. The van der Waals surface area contributed by atoms with E-state index in [1.807, 2.05) is 30.3 Å². The number of carbonyl (C=O) groups excluding carboxylic acids is 1. The Bertz CT molecular complexity index is 1170. The van der Waals surface area contributed by atoms with Gasteiger partial charge in [-0.2, -0.15) is 0 Å². The van der Waals surface area contributed by atoms with Crippen molar-refractivity contribution in [2.24, 2.45) is 0 Å². The summed E-state index contributed by atoms with van der Waals surface area (Å²) in [7, 11) is 1.38. The van der Waals surface area contributed by atoms with Crippen molar-refractivity contribution in [3.8, 4) is 11.1 Å². The fourth-order valence-electron chi connectivity index (χ4n) is 3.32. The van der Waals surface area contributed by atoms with Crippen molar-refractivity contribution in [2.45, 2.75) is 6.42 Å². The van der Waals surface area contributed by atoms with Gasteiger partial charge in [0.15, 0.2) is 0 Å². The second-order valence-electron chi connectivity index (χ2n) is 6.94. The second kappa shape index (κ2) is 8.61. The number of hydrogen-bond acceptors (Lipinski definition) is 6. The van der Waals surface area contributed by atoms with Crippen molar-refractivity contribution in [2.75, 3.05) is 24.7 Å². The molecule has 0 aliphatic rings. The van der Waals surface area contributed by atoms with E-state index in [1.165, 1.54) is 12.7 Å². The summed E-state index contributed by atoms with van der Waals surface area (Å²) < 4.78 is 4.74. The summed E-state index contributed by atoms with van der Waals surface area (Å²) in [4.78, 5) is 20.2. The summed E-state index contributed by atoms with van der Waals surface area (Å²) in [5, 5.41) is 4.30. The van der Waals surface area contributed by atoms with E-state index in [1.54, 1.807) is 18.5 Å². The van der Waals surface area contributed by atoms with Crippen LogP contribution in [0.1, 0.15) is 15.9 Å². The molecule has 150 valence electrons. The Kier molecular flexibility index (Phi) is 5.57. The third-order valence-corrected chi connectivity index (χ3v) is 4.96. The lowest BCUT2D eigenvalue weighted by atomic mass is 10.0. The van der Waals surface area contributed by atoms with Crippen molar-refractivity contribution in [3.63, 3.8) is 0 Å². The van der Waals surface area contributed by atoms with E-state index in [-0.39, 0.29) is 5.97 Å². The van der Waals surface area contributed by atoms with Crippen molar-refractivity contribution in [1.82, 2.24) is 9.97 Å². The normalized spacial score (nSPS) is 10.7. The number of carbonyl (C=O) groups is 1. The van der Waals surface area contributed by atoms with E-state index in [0.29, 0.717) is 11.3 Å². The van der Waals surface area contributed by atoms with E-state index < -0.39 is 0 Å². The molecule has 30 heavy (non-hydrogen) atoms. The summed E-state index contributed by atoms with van der Waals surface area (Å²) in [6.45, 7) is 0.744. The predicted molar refractivity (Wildman–Crippen MR) is 119 cm³/mol. The number of nitrogen functional groups attached to an aromatic ring is 1. The van der Waals surface area contributed by atoms with E-state index in [2.05, 4.69) is 39.6 Å². The van der Waals surface area contributed by atoms with Crippen molar-refractivity contribution in [3.05, 3.63) is 84.2 Å². The van der Waals surface area contributed by atoms with Crippen molar-refractivity contribution < 1.29 is 9.53 Å². The first-order chi connectivity index (χ1) is 14.6. The molecule has 4 rings (SSSR count). The molecule has 6 heteroatoms. The molecule has 0 aliphatic carbocycles. The van der Waals surface area contributed by atoms with E-state index in [0.717, 1.165) is 40.8 Å². The molecule has 1 heterocycles. The first kappa shape index (κ1) is 19.4. The average Bonchev–Trinajstić information content (AvgIpc) is 2.79. The van der Waals surface area contributed by atoms with Gasteiger partial charge in [-0.3, -0.25) is 0 Å².